The van der Waals surface area contributed by atoms with Gasteiger partial charge in [0.05, 0.1) is 0 Å². The third-order valence-electron chi connectivity index (χ3n) is 6.24. The van der Waals surface area contributed by atoms with Crippen LogP contribution in [0.5, 0.6) is 0 Å². The molecular formula is C27H38N2O2. The molecule has 0 unspecified atom stereocenters. The summed E-state index contributed by atoms with van der Waals surface area (Å²) in [6, 6.07) is 10.2. The maximum atomic E-state index is 13.0. The Bertz CT molecular complexity index is 787. The fourth-order valence-electron chi connectivity index (χ4n) is 4.13. The first-order valence-electron chi connectivity index (χ1n) is 12.1. The first kappa shape index (κ1) is 23.3. The summed E-state index contributed by atoms with van der Waals surface area (Å²) < 4.78 is 0. The summed E-state index contributed by atoms with van der Waals surface area (Å²) in [7, 11) is 0. The van der Waals surface area contributed by atoms with Gasteiger partial charge in [-0.05, 0) is 87.6 Å². The minimum absolute atomic E-state index is 0.00404. The third kappa shape index (κ3) is 8.02. The van der Waals surface area contributed by atoms with Crippen molar-refractivity contribution in [1.29, 1.82) is 0 Å². The number of aliphatic hydroxyl groups excluding tert-OH is 1. The van der Waals surface area contributed by atoms with Gasteiger partial charge in [-0.2, -0.15) is 0 Å². The van der Waals surface area contributed by atoms with E-state index >= 15 is 0 Å². The predicted octanol–water partition coefficient (Wildman–Crippen LogP) is 5.31. The molecule has 0 spiro atoms. The van der Waals surface area contributed by atoms with Crippen LogP contribution in [0.25, 0.3) is 0 Å². The standard InChI is InChI=1S/C27H38N2O2/c30-19-9-15-25(27(31)28-18-17-22-10-4-3-5-11-22)20-24-14-6-1-2-7-16-26(24)29-21-23-12-8-13-23/h3-5,10-11,20-21,29-30H,1-2,6-9,12-19H2,(H,28,31)/b25-20+,26-24-. The average molecular weight is 423 g/mol. The van der Waals surface area contributed by atoms with E-state index < -0.39 is 0 Å². The van der Waals surface area contributed by atoms with Gasteiger partial charge in [0.2, 0.25) is 5.91 Å². The number of allylic oxidation sites excluding steroid dienone is 4. The molecule has 168 valence electrons. The van der Waals surface area contributed by atoms with Gasteiger partial charge in [-0.3, -0.25) is 4.79 Å². The molecule has 1 saturated carbocycles. The molecule has 0 aliphatic heterocycles. The number of benzene rings is 1. The van der Waals surface area contributed by atoms with E-state index in [1.807, 2.05) is 18.2 Å². The zero-order valence-corrected chi connectivity index (χ0v) is 18.8. The number of nitrogens with one attached hydrogen (secondary N) is 2. The van der Waals surface area contributed by atoms with Crippen LogP contribution in [-0.4, -0.2) is 24.2 Å². The molecule has 1 amide bonds. The second-order valence-corrected chi connectivity index (χ2v) is 8.71. The molecule has 0 radical (unpaired) electrons. The molecule has 2 aliphatic rings. The van der Waals surface area contributed by atoms with Crippen LogP contribution >= 0.6 is 0 Å². The molecule has 0 aromatic heterocycles. The second kappa shape index (κ2) is 13.2. The Balaban J connectivity index is 1.72. The predicted molar refractivity (Wildman–Crippen MR) is 127 cm³/mol. The largest absolute Gasteiger partial charge is 0.396 e. The molecule has 31 heavy (non-hydrogen) atoms. The van der Waals surface area contributed by atoms with Crippen molar-refractivity contribution in [3.05, 3.63) is 70.6 Å². The molecular weight excluding hydrogens is 384 g/mol. The number of carbonyl (C=O) groups excluding carboxylic acids is 1. The van der Waals surface area contributed by atoms with Gasteiger partial charge in [0.1, 0.15) is 0 Å². The average Bonchev–Trinajstić information content (AvgIpc) is 2.74. The Labute approximate surface area is 187 Å². The molecule has 0 atom stereocenters. The minimum Gasteiger partial charge on any atom is -0.396 e. The highest BCUT2D eigenvalue weighted by Crippen LogP contribution is 2.27. The van der Waals surface area contributed by atoms with Crippen LogP contribution < -0.4 is 10.6 Å². The Morgan fingerprint density at radius 3 is 2.45 bits per heavy atom. The Morgan fingerprint density at radius 2 is 1.74 bits per heavy atom. The Hall–Kier alpha value is -2.33. The quantitative estimate of drug-likeness (QED) is 0.448. The minimum atomic E-state index is -0.00404. The zero-order chi connectivity index (χ0) is 21.7. The molecule has 2 aliphatic carbocycles. The van der Waals surface area contributed by atoms with E-state index in [-0.39, 0.29) is 12.5 Å². The van der Waals surface area contributed by atoms with Crippen molar-refractivity contribution in [2.75, 3.05) is 13.2 Å². The van der Waals surface area contributed by atoms with E-state index in [4.69, 9.17) is 0 Å². The van der Waals surface area contributed by atoms with Crippen LogP contribution in [0, 0.1) is 0 Å². The molecule has 4 heteroatoms. The SMILES string of the molecule is O=C(NCCc1ccccc1)/C(=C/C1=C(\NC=C2CCC2)CCCCCC1)CCCO. The van der Waals surface area contributed by atoms with Gasteiger partial charge in [0, 0.05) is 24.4 Å². The van der Waals surface area contributed by atoms with Gasteiger partial charge < -0.3 is 15.7 Å². The molecule has 0 heterocycles. The van der Waals surface area contributed by atoms with Gasteiger partial charge in [-0.25, -0.2) is 0 Å². The topological polar surface area (TPSA) is 61.4 Å². The van der Waals surface area contributed by atoms with E-state index in [0.29, 0.717) is 19.4 Å². The highest BCUT2D eigenvalue weighted by atomic mass is 16.3. The number of carbonyl (C=O) groups is 1. The van der Waals surface area contributed by atoms with Gasteiger partial charge in [-0.15, -0.1) is 0 Å². The van der Waals surface area contributed by atoms with Crippen LogP contribution in [0.2, 0.25) is 0 Å². The van der Waals surface area contributed by atoms with Crippen LogP contribution in [0.15, 0.2) is 65.0 Å². The van der Waals surface area contributed by atoms with Gasteiger partial charge >= 0.3 is 0 Å². The molecule has 1 aromatic carbocycles. The summed E-state index contributed by atoms with van der Waals surface area (Å²) in [6.45, 7) is 0.723. The van der Waals surface area contributed by atoms with Crippen molar-refractivity contribution in [2.24, 2.45) is 0 Å². The fourth-order valence-corrected chi connectivity index (χ4v) is 4.13. The third-order valence-corrected chi connectivity index (χ3v) is 6.24. The maximum absolute atomic E-state index is 13.0. The van der Waals surface area contributed by atoms with Crippen LogP contribution in [0.3, 0.4) is 0 Å². The van der Waals surface area contributed by atoms with Crippen molar-refractivity contribution < 1.29 is 9.90 Å². The summed E-state index contributed by atoms with van der Waals surface area (Å²) >= 11 is 0. The summed E-state index contributed by atoms with van der Waals surface area (Å²) in [5, 5.41) is 16.0. The lowest BCUT2D eigenvalue weighted by Crippen LogP contribution is -2.27. The smallest absolute Gasteiger partial charge is 0.247 e. The fraction of sp³-hybridized carbons (Fsp3) is 0.519. The summed E-state index contributed by atoms with van der Waals surface area (Å²) in [5.74, 6) is -0.00404. The van der Waals surface area contributed by atoms with Crippen LogP contribution in [-0.2, 0) is 11.2 Å². The van der Waals surface area contributed by atoms with Gasteiger partial charge in [-0.1, -0.05) is 48.7 Å². The van der Waals surface area contributed by atoms with E-state index in [1.54, 1.807) is 0 Å². The van der Waals surface area contributed by atoms with Gasteiger partial charge in [0.25, 0.3) is 0 Å². The number of hydrogen-bond donors (Lipinski definition) is 3. The molecule has 3 N–H and O–H groups in total. The molecule has 1 fully saturated rings. The number of amides is 1. The first-order chi connectivity index (χ1) is 15.3. The number of rotatable bonds is 10. The highest BCUT2D eigenvalue weighted by Gasteiger charge is 2.15. The Morgan fingerprint density at radius 1 is 0.968 bits per heavy atom. The lowest BCUT2D eigenvalue weighted by Gasteiger charge is -2.21. The van der Waals surface area contributed by atoms with Crippen LogP contribution in [0.1, 0.15) is 76.2 Å². The molecule has 4 nitrogen and oxygen atoms in total. The highest BCUT2D eigenvalue weighted by molar-refractivity contribution is 5.93. The van der Waals surface area contributed by atoms with Crippen molar-refractivity contribution in [3.8, 4) is 0 Å². The van der Waals surface area contributed by atoms with E-state index in [2.05, 4.69) is 35.0 Å². The summed E-state index contributed by atoms with van der Waals surface area (Å²) in [5.41, 5.74) is 6.05. The molecule has 0 bridgehead atoms. The lowest BCUT2D eigenvalue weighted by molar-refractivity contribution is -0.117. The monoisotopic (exact) mass is 422 g/mol. The van der Waals surface area contributed by atoms with E-state index in [1.165, 1.54) is 60.9 Å². The number of hydrogen-bond acceptors (Lipinski definition) is 3. The molecule has 0 saturated heterocycles. The number of aliphatic hydroxyl groups is 1. The molecule has 3 rings (SSSR count). The van der Waals surface area contributed by atoms with E-state index in [0.717, 1.165) is 31.3 Å². The van der Waals surface area contributed by atoms with E-state index in [9.17, 15) is 9.90 Å². The maximum Gasteiger partial charge on any atom is 0.247 e. The van der Waals surface area contributed by atoms with Crippen molar-refractivity contribution >= 4 is 5.91 Å². The normalized spacial score (nSPS) is 19.8. The Kier molecular flexibility index (Phi) is 9.91. The van der Waals surface area contributed by atoms with Crippen molar-refractivity contribution in [1.82, 2.24) is 10.6 Å². The van der Waals surface area contributed by atoms with Crippen molar-refractivity contribution in [2.45, 2.75) is 77.0 Å². The molecule has 1 aromatic rings. The van der Waals surface area contributed by atoms with Crippen LogP contribution in [0.4, 0.5) is 0 Å². The van der Waals surface area contributed by atoms with Crippen molar-refractivity contribution in [3.63, 3.8) is 0 Å². The first-order valence-corrected chi connectivity index (χ1v) is 12.1. The lowest BCUT2D eigenvalue weighted by atomic mass is 9.92. The zero-order valence-electron chi connectivity index (χ0n) is 18.8. The van der Waals surface area contributed by atoms with Gasteiger partial charge in [0.15, 0.2) is 0 Å². The summed E-state index contributed by atoms with van der Waals surface area (Å²) in [4.78, 5) is 13.0. The second-order valence-electron chi connectivity index (χ2n) is 8.71. The summed E-state index contributed by atoms with van der Waals surface area (Å²) in [6.07, 6.45) is 17.0.